The molecule has 1 aromatic carbocycles. The second kappa shape index (κ2) is 9.29. The van der Waals surface area contributed by atoms with Gasteiger partial charge in [-0.2, -0.15) is 4.98 Å². The Kier molecular flexibility index (Phi) is 6.52. The topological polar surface area (TPSA) is 210 Å². The molecule has 5 N–H and O–H groups in total. The summed E-state index contributed by atoms with van der Waals surface area (Å²) in [7, 11) is 0. The van der Waals surface area contributed by atoms with Gasteiger partial charge < -0.3 is 36.2 Å². The molecule has 1 aliphatic rings. The number of hydrogen-bond acceptors (Lipinski definition) is 9. The molecule has 0 spiro atoms. The molecule has 2 atom stereocenters. The van der Waals surface area contributed by atoms with Crippen LogP contribution in [-0.4, -0.2) is 39.8 Å². The van der Waals surface area contributed by atoms with E-state index in [0.717, 1.165) is 5.56 Å². The third-order valence-corrected chi connectivity index (χ3v) is 5.04. The second-order valence-corrected chi connectivity index (χ2v) is 7.25. The number of nitrogens with zero attached hydrogens (tertiary/aromatic N) is 1. The fourth-order valence-corrected chi connectivity index (χ4v) is 3.42. The van der Waals surface area contributed by atoms with E-state index in [2.05, 4.69) is 20.6 Å². The van der Waals surface area contributed by atoms with Gasteiger partial charge in [0.05, 0.1) is 23.5 Å². The van der Waals surface area contributed by atoms with E-state index in [1.165, 1.54) is 12.1 Å². The number of rotatable bonds is 9. The molecule has 2 amide bonds. The highest BCUT2D eigenvalue weighted by atomic mass is 16.4. The molecule has 0 saturated carbocycles. The quantitative estimate of drug-likeness (QED) is 0.321. The number of anilines is 2. The van der Waals surface area contributed by atoms with Gasteiger partial charge in [-0.05, 0) is 43.4 Å². The average molecular weight is 441 g/mol. The standard InChI is InChI=1S/C20H21N5O7/c21-20-24-15-14(18(30)25-20)11(17(29)23-15)6-3-9-1-4-10(5-2-9)16(28)22-12(19(31)32)7-8-13(26)27/h1-2,4-5,11-12H,3,6-8H2,(H,22,28)(H,26,27)(H,31,32)(H4,21,23,24,25,29,30)/p-2/t11-,12+/m1/s1. The maximum atomic E-state index is 12.3. The van der Waals surface area contributed by atoms with E-state index in [1.807, 2.05) is 0 Å². The number of nitrogens with one attached hydrogen (secondary N) is 3. The minimum Gasteiger partial charge on any atom is -0.550 e. The molecule has 32 heavy (non-hydrogen) atoms. The fourth-order valence-electron chi connectivity index (χ4n) is 3.42. The van der Waals surface area contributed by atoms with Gasteiger partial charge in [0.15, 0.2) is 0 Å². The van der Waals surface area contributed by atoms with Crippen LogP contribution in [0.2, 0.25) is 0 Å². The van der Waals surface area contributed by atoms with Crippen LogP contribution in [0.3, 0.4) is 0 Å². The summed E-state index contributed by atoms with van der Waals surface area (Å²) in [4.78, 5) is 64.5. The Morgan fingerprint density at radius 3 is 2.47 bits per heavy atom. The molecule has 12 heteroatoms. The molecule has 0 saturated heterocycles. The van der Waals surface area contributed by atoms with Gasteiger partial charge in [-0.3, -0.25) is 19.4 Å². The summed E-state index contributed by atoms with van der Waals surface area (Å²) in [5.41, 5.74) is 6.17. The van der Waals surface area contributed by atoms with E-state index < -0.39 is 41.8 Å². The highest BCUT2D eigenvalue weighted by Gasteiger charge is 2.34. The predicted molar refractivity (Wildman–Crippen MR) is 106 cm³/mol. The molecular weight excluding hydrogens is 422 g/mol. The fraction of sp³-hybridized carbons (Fsp3) is 0.300. The van der Waals surface area contributed by atoms with Crippen molar-refractivity contribution in [3.05, 3.63) is 51.3 Å². The zero-order chi connectivity index (χ0) is 23.4. The molecule has 0 radical (unpaired) electrons. The van der Waals surface area contributed by atoms with E-state index in [9.17, 15) is 34.2 Å². The first-order valence-electron chi connectivity index (χ1n) is 9.66. The van der Waals surface area contributed by atoms with Crippen molar-refractivity contribution in [1.82, 2.24) is 15.3 Å². The third-order valence-electron chi connectivity index (χ3n) is 5.04. The maximum Gasteiger partial charge on any atom is 0.258 e. The van der Waals surface area contributed by atoms with Crippen LogP contribution in [0.4, 0.5) is 11.8 Å². The van der Waals surface area contributed by atoms with Gasteiger partial charge in [0.1, 0.15) is 5.82 Å². The van der Waals surface area contributed by atoms with E-state index in [4.69, 9.17) is 5.73 Å². The Bertz CT molecular complexity index is 1130. The number of aromatic amines is 1. The molecular formula is C20H19N5O7-2. The van der Waals surface area contributed by atoms with Crippen LogP contribution in [0.15, 0.2) is 29.1 Å². The minimum absolute atomic E-state index is 0.0934. The van der Waals surface area contributed by atoms with Crippen molar-refractivity contribution in [2.24, 2.45) is 0 Å². The van der Waals surface area contributed by atoms with Crippen LogP contribution in [0.5, 0.6) is 0 Å². The zero-order valence-electron chi connectivity index (χ0n) is 16.7. The normalized spacial score (nSPS) is 15.5. The zero-order valence-corrected chi connectivity index (χ0v) is 16.7. The van der Waals surface area contributed by atoms with Gasteiger partial charge in [-0.15, -0.1) is 0 Å². The number of H-pyrrole nitrogens is 1. The Morgan fingerprint density at radius 1 is 1.16 bits per heavy atom. The van der Waals surface area contributed by atoms with Crippen molar-refractivity contribution in [2.75, 3.05) is 11.1 Å². The lowest BCUT2D eigenvalue weighted by Gasteiger charge is -2.20. The third kappa shape index (κ3) is 5.09. The van der Waals surface area contributed by atoms with Crippen LogP contribution >= 0.6 is 0 Å². The molecule has 0 unspecified atom stereocenters. The number of aliphatic carboxylic acids is 2. The Hall–Kier alpha value is -4.22. The molecule has 3 rings (SSSR count). The Morgan fingerprint density at radius 2 is 1.84 bits per heavy atom. The van der Waals surface area contributed by atoms with E-state index in [1.54, 1.807) is 12.1 Å². The number of carboxylic acids is 2. The number of benzene rings is 1. The lowest BCUT2D eigenvalue weighted by Crippen LogP contribution is -2.48. The summed E-state index contributed by atoms with van der Waals surface area (Å²) >= 11 is 0. The number of hydrogen-bond donors (Lipinski definition) is 4. The van der Waals surface area contributed by atoms with E-state index in [-0.39, 0.29) is 35.2 Å². The number of amides is 2. The number of aryl methyl sites for hydroxylation is 1. The van der Waals surface area contributed by atoms with E-state index in [0.29, 0.717) is 12.8 Å². The van der Waals surface area contributed by atoms with Crippen LogP contribution in [0, 0.1) is 0 Å². The Labute approximate surface area is 180 Å². The number of carboxylic acid groups (broad SMARTS) is 2. The summed E-state index contributed by atoms with van der Waals surface area (Å²) in [6, 6.07) is 4.72. The summed E-state index contributed by atoms with van der Waals surface area (Å²) in [5.74, 6) is -4.74. The van der Waals surface area contributed by atoms with Crippen molar-refractivity contribution in [1.29, 1.82) is 0 Å². The van der Waals surface area contributed by atoms with Gasteiger partial charge in [0.2, 0.25) is 11.9 Å². The lowest BCUT2D eigenvalue weighted by atomic mass is 9.94. The molecule has 1 aromatic heterocycles. The van der Waals surface area contributed by atoms with Crippen LogP contribution in [0.25, 0.3) is 0 Å². The minimum atomic E-state index is -1.60. The van der Waals surface area contributed by atoms with Crippen molar-refractivity contribution in [3.63, 3.8) is 0 Å². The molecule has 168 valence electrons. The highest BCUT2D eigenvalue weighted by Crippen LogP contribution is 2.31. The van der Waals surface area contributed by atoms with Gasteiger partial charge in [-0.1, -0.05) is 12.1 Å². The van der Waals surface area contributed by atoms with Crippen LogP contribution in [-0.2, 0) is 20.8 Å². The SMILES string of the molecule is Nc1nc2c(c(=O)[nH]1)[C@@H](CCc1ccc(C(=O)N[C@@H](CCC(=O)[O-])C(=O)[O-])cc1)C(=O)N2. The van der Waals surface area contributed by atoms with Crippen LogP contribution < -0.4 is 32.1 Å². The average Bonchev–Trinajstić information content (AvgIpc) is 3.04. The molecule has 0 bridgehead atoms. The summed E-state index contributed by atoms with van der Waals surface area (Å²) < 4.78 is 0. The van der Waals surface area contributed by atoms with E-state index >= 15 is 0 Å². The molecule has 0 fully saturated rings. The largest absolute Gasteiger partial charge is 0.550 e. The molecule has 2 heterocycles. The summed E-state index contributed by atoms with van der Waals surface area (Å²) in [6.45, 7) is 0. The van der Waals surface area contributed by atoms with Gasteiger partial charge >= 0.3 is 0 Å². The van der Waals surface area contributed by atoms with Gasteiger partial charge in [0, 0.05) is 11.5 Å². The summed E-state index contributed by atoms with van der Waals surface area (Å²) in [5, 5.41) is 26.4. The number of carbonyl (C=O) groups is 4. The number of nitrogens with two attached hydrogens (primary N) is 1. The lowest BCUT2D eigenvalue weighted by molar-refractivity contribution is -0.309. The highest BCUT2D eigenvalue weighted by molar-refractivity contribution is 6.01. The van der Waals surface area contributed by atoms with Crippen molar-refractivity contribution in [3.8, 4) is 0 Å². The molecule has 12 nitrogen and oxygen atoms in total. The number of aromatic nitrogens is 2. The van der Waals surface area contributed by atoms with Gasteiger partial charge in [-0.25, -0.2) is 0 Å². The predicted octanol–water partition coefficient (Wildman–Crippen LogP) is -2.60. The number of nitrogen functional groups attached to an aromatic ring is 1. The molecule has 2 aromatic rings. The number of fused-ring (bicyclic) bond motifs is 1. The summed E-state index contributed by atoms with van der Waals surface area (Å²) in [6.07, 6.45) is -0.175. The first-order chi connectivity index (χ1) is 15.2. The Balaban J connectivity index is 1.62. The van der Waals surface area contributed by atoms with Crippen LogP contribution in [0.1, 0.15) is 46.7 Å². The number of carbonyl (C=O) groups excluding carboxylic acids is 4. The molecule has 1 aliphatic heterocycles. The maximum absolute atomic E-state index is 12.3. The van der Waals surface area contributed by atoms with Crippen molar-refractivity contribution in [2.45, 2.75) is 37.6 Å². The first-order valence-corrected chi connectivity index (χ1v) is 9.66. The van der Waals surface area contributed by atoms with Crippen molar-refractivity contribution >= 4 is 35.5 Å². The van der Waals surface area contributed by atoms with Gasteiger partial charge in [0.25, 0.3) is 11.5 Å². The first kappa shape index (κ1) is 22.5. The molecule has 0 aliphatic carbocycles. The smallest absolute Gasteiger partial charge is 0.258 e. The monoisotopic (exact) mass is 441 g/mol. The van der Waals surface area contributed by atoms with Crippen molar-refractivity contribution < 1.29 is 29.4 Å². The second-order valence-electron chi connectivity index (χ2n) is 7.25.